The Balaban J connectivity index is 2.62. The van der Waals surface area contributed by atoms with Crippen LogP contribution in [0.15, 0.2) is 28.9 Å². The third-order valence-corrected chi connectivity index (χ3v) is 2.78. The maximum absolute atomic E-state index is 10.9. The normalized spacial score (nSPS) is 10.3. The lowest BCUT2D eigenvalue weighted by Crippen LogP contribution is -1.97. The summed E-state index contributed by atoms with van der Waals surface area (Å²) < 4.78 is 0.678. The monoisotopic (exact) mass is 282 g/mol. The van der Waals surface area contributed by atoms with Gasteiger partial charge in [-0.2, -0.15) is 5.10 Å². The minimum absolute atomic E-state index is 0.0594. The number of aromatic carboxylic acids is 1. The van der Waals surface area contributed by atoms with Gasteiger partial charge in [0.1, 0.15) is 11.3 Å². The summed E-state index contributed by atoms with van der Waals surface area (Å²) in [6.45, 7) is 0. The van der Waals surface area contributed by atoms with Crippen molar-refractivity contribution in [3.05, 3.63) is 34.4 Å². The van der Waals surface area contributed by atoms with E-state index in [1.54, 1.807) is 6.07 Å². The van der Waals surface area contributed by atoms with Gasteiger partial charge in [0.25, 0.3) is 0 Å². The Labute approximate surface area is 98.9 Å². The molecule has 0 fully saturated rings. The van der Waals surface area contributed by atoms with Crippen LogP contribution in [-0.4, -0.2) is 26.4 Å². The predicted octanol–water partition coefficient (Wildman–Crippen LogP) is 2.24. The van der Waals surface area contributed by atoms with Gasteiger partial charge in [-0.15, -0.1) is 0 Å². The van der Waals surface area contributed by atoms with E-state index in [2.05, 4.69) is 26.1 Å². The number of hydrogen-bond donors (Lipinski definition) is 3. The zero-order valence-electron chi connectivity index (χ0n) is 7.94. The number of rotatable bonds is 2. The maximum Gasteiger partial charge on any atom is 0.339 e. The maximum atomic E-state index is 10.9. The molecule has 6 heteroatoms. The third-order valence-electron chi connectivity index (χ3n) is 2.09. The molecule has 2 aromatic rings. The third kappa shape index (κ3) is 1.79. The van der Waals surface area contributed by atoms with Crippen molar-refractivity contribution < 1.29 is 15.0 Å². The van der Waals surface area contributed by atoms with Crippen LogP contribution in [0.5, 0.6) is 5.75 Å². The highest BCUT2D eigenvalue weighted by Crippen LogP contribution is 2.31. The van der Waals surface area contributed by atoms with E-state index in [9.17, 15) is 9.90 Å². The van der Waals surface area contributed by atoms with Crippen molar-refractivity contribution in [2.45, 2.75) is 0 Å². The molecule has 3 N–H and O–H groups in total. The minimum Gasteiger partial charge on any atom is -0.508 e. The lowest BCUT2D eigenvalue weighted by Gasteiger charge is -2.03. The number of benzene rings is 1. The molecule has 0 saturated heterocycles. The SMILES string of the molecule is O=C(O)c1cn[nH]c1-c1cc(O)ccc1Br. The molecule has 0 saturated carbocycles. The average Bonchev–Trinajstić information content (AvgIpc) is 2.70. The van der Waals surface area contributed by atoms with Gasteiger partial charge < -0.3 is 10.2 Å². The molecule has 1 aromatic heterocycles. The van der Waals surface area contributed by atoms with E-state index < -0.39 is 5.97 Å². The second-order valence-electron chi connectivity index (χ2n) is 3.13. The lowest BCUT2D eigenvalue weighted by molar-refractivity contribution is 0.0698. The summed E-state index contributed by atoms with van der Waals surface area (Å²) in [6.07, 6.45) is 1.23. The van der Waals surface area contributed by atoms with Crippen molar-refractivity contribution in [2.75, 3.05) is 0 Å². The second kappa shape index (κ2) is 3.97. The van der Waals surface area contributed by atoms with Gasteiger partial charge in [0.2, 0.25) is 0 Å². The van der Waals surface area contributed by atoms with Gasteiger partial charge in [-0.25, -0.2) is 4.79 Å². The van der Waals surface area contributed by atoms with Crippen LogP contribution in [0.3, 0.4) is 0 Å². The Morgan fingerprint density at radius 2 is 2.19 bits per heavy atom. The summed E-state index contributed by atoms with van der Waals surface area (Å²) in [6, 6.07) is 4.60. The van der Waals surface area contributed by atoms with Crippen LogP contribution in [0, 0.1) is 0 Å². The van der Waals surface area contributed by atoms with E-state index in [0.717, 1.165) is 0 Å². The van der Waals surface area contributed by atoms with E-state index in [1.165, 1.54) is 18.3 Å². The predicted molar refractivity (Wildman–Crippen MR) is 60.3 cm³/mol. The van der Waals surface area contributed by atoms with Crippen LogP contribution in [-0.2, 0) is 0 Å². The number of nitrogens with one attached hydrogen (secondary N) is 1. The summed E-state index contributed by atoms with van der Waals surface area (Å²) in [5.41, 5.74) is 0.969. The molecule has 1 aromatic carbocycles. The Kier molecular flexibility index (Phi) is 2.66. The zero-order valence-corrected chi connectivity index (χ0v) is 9.52. The minimum atomic E-state index is -1.07. The van der Waals surface area contributed by atoms with Crippen molar-refractivity contribution in [3.63, 3.8) is 0 Å². The van der Waals surface area contributed by atoms with E-state index >= 15 is 0 Å². The van der Waals surface area contributed by atoms with Gasteiger partial charge in [0.15, 0.2) is 0 Å². The van der Waals surface area contributed by atoms with Crippen LogP contribution in [0.4, 0.5) is 0 Å². The number of nitrogens with zero attached hydrogens (tertiary/aromatic N) is 1. The van der Waals surface area contributed by atoms with Gasteiger partial charge >= 0.3 is 5.97 Å². The summed E-state index contributed by atoms with van der Waals surface area (Å²) in [7, 11) is 0. The molecule has 1 heterocycles. The first-order chi connectivity index (χ1) is 7.59. The molecular formula is C10H7BrN2O3. The number of carboxylic acids is 1. The Hall–Kier alpha value is -1.82. The molecule has 16 heavy (non-hydrogen) atoms. The standard InChI is InChI=1S/C10H7BrN2O3/c11-8-2-1-5(14)3-6(8)9-7(10(15)16)4-12-13-9/h1-4,14H,(H,12,13)(H,15,16). The number of aromatic amines is 1. The largest absolute Gasteiger partial charge is 0.508 e. The number of halogens is 1. The van der Waals surface area contributed by atoms with Crippen LogP contribution in [0.1, 0.15) is 10.4 Å². The van der Waals surface area contributed by atoms with Crippen molar-refractivity contribution in [3.8, 4) is 17.0 Å². The van der Waals surface area contributed by atoms with Gasteiger partial charge in [0, 0.05) is 10.0 Å². The van der Waals surface area contributed by atoms with E-state index in [1.807, 2.05) is 0 Å². The summed E-state index contributed by atoms with van der Waals surface area (Å²) >= 11 is 3.28. The smallest absolute Gasteiger partial charge is 0.339 e. The summed E-state index contributed by atoms with van der Waals surface area (Å²) in [5, 5.41) is 24.6. The van der Waals surface area contributed by atoms with Crippen LogP contribution >= 0.6 is 15.9 Å². The summed E-state index contributed by atoms with van der Waals surface area (Å²) in [5.74, 6) is -1.01. The molecule has 5 nitrogen and oxygen atoms in total. The lowest BCUT2D eigenvalue weighted by atomic mass is 10.1. The fraction of sp³-hybridized carbons (Fsp3) is 0. The first kappa shape index (κ1) is 10.7. The number of phenols is 1. The molecule has 0 atom stereocenters. The number of aromatic nitrogens is 2. The number of carboxylic acid groups (broad SMARTS) is 1. The fourth-order valence-corrected chi connectivity index (χ4v) is 1.80. The molecule has 0 spiro atoms. The van der Waals surface area contributed by atoms with Crippen molar-refractivity contribution >= 4 is 21.9 Å². The van der Waals surface area contributed by atoms with Gasteiger partial charge in [-0.1, -0.05) is 15.9 Å². The number of phenolic OH excluding ortho intramolecular Hbond substituents is 1. The molecule has 0 unspecified atom stereocenters. The summed E-state index contributed by atoms with van der Waals surface area (Å²) in [4.78, 5) is 10.9. The molecule has 0 aliphatic rings. The number of hydrogen-bond acceptors (Lipinski definition) is 3. The molecule has 2 rings (SSSR count). The molecule has 82 valence electrons. The fourth-order valence-electron chi connectivity index (χ4n) is 1.36. The van der Waals surface area contributed by atoms with E-state index in [4.69, 9.17) is 5.11 Å². The van der Waals surface area contributed by atoms with Crippen molar-refractivity contribution in [1.29, 1.82) is 0 Å². The number of carbonyl (C=O) groups is 1. The average molecular weight is 283 g/mol. The van der Waals surface area contributed by atoms with E-state index in [0.29, 0.717) is 15.7 Å². The van der Waals surface area contributed by atoms with Crippen molar-refractivity contribution in [2.24, 2.45) is 0 Å². The molecule has 0 aliphatic carbocycles. The molecular weight excluding hydrogens is 276 g/mol. The van der Waals surface area contributed by atoms with Gasteiger partial charge in [0.05, 0.1) is 11.9 Å². The number of aromatic hydroxyl groups is 1. The van der Waals surface area contributed by atoms with Crippen LogP contribution in [0.2, 0.25) is 0 Å². The molecule has 0 amide bonds. The van der Waals surface area contributed by atoms with Crippen molar-refractivity contribution in [1.82, 2.24) is 10.2 Å². The Morgan fingerprint density at radius 1 is 1.44 bits per heavy atom. The van der Waals surface area contributed by atoms with E-state index in [-0.39, 0.29) is 11.3 Å². The molecule has 0 radical (unpaired) electrons. The number of H-pyrrole nitrogens is 1. The molecule has 0 aliphatic heterocycles. The first-order valence-corrected chi connectivity index (χ1v) is 5.14. The van der Waals surface area contributed by atoms with Gasteiger partial charge in [-0.3, -0.25) is 5.10 Å². The zero-order chi connectivity index (χ0) is 11.7. The Bertz CT molecular complexity index is 551. The van der Waals surface area contributed by atoms with Gasteiger partial charge in [-0.05, 0) is 18.2 Å². The first-order valence-electron chi connectivity index (χ1n) is 4.35. The van der Waals surface area contributed by atoms with Crippen LogP contribution < -0.4 is 0 Å². The highest BCUT2D eigenvalue weighted by Gasteiger charge is 2.16. The Morgan fingerprint density at radius 3 is 2.88 bits per heavy atom. The highest BCUT2D eigenvalue weighted by atomic mass is 79.9. The quantitative estimate of drug-likeness (QED) is 0.789. The topological polar surface area (TPSA) is 86.2 Å². The second-order valence-corrected chi connectivity index (χ2v) is 3.98. The molecule has 0 bridgehead atoms. The van der Waals surface area contributed by atoms with Crippen LogP contribution in [0.25, 0.3) is 11.3 Å². The highest BCUT2D eigenvalue weighted by molar-refractivity contribution is 9.10.